The number of carbonyl (C=O) groups excluding carboxylic acids is 2. The summed E-state index contributed by atoms with van der Waals surface area (Å²) in [6.45, 7) is 8.50. The molecule has 0 aromatic carbocycles. The van der Waals surface area contributed by atoms with Crippen molar-refractivity contribution in [2.24, 2.45) is 11.3 Å². The fraction of sp³-hybridized carbons (Fsp3) is 0.889. The number of piperidine rings is 1. The van der Waals surface area contributed by atoms with Gasteiger partial charge in [-0.2, -0.15) is 0 Å². The molecule has 2 saturated heterocycles. The van der Waals surface area contributed by atoms with Gasteiger partial charge in [-0.05, 0) is 49.9 Å². The molecule has 3 rings (SSSR count). The molecule has 0 bridgehead atoms. The van der Waals surface area contributed by atoms with Crippen molar-refractivity contribution < 1.29 is 9.59 Å². The van der Waals surface area contributed by atoms with Gasteiger partial charge in [0, 0.05) is 38.8 Å². The van der Waals surface area contributed by atoms with E-state index >= 15 is 0 Å². The van der Waals surface area contributed by atoms with Gasteiger partial charge in [0.1, 0.15) is 0 Å². The first-order valence-electron chi connectivity index (χ1n) is 9.54. The molecular formula is C18H32N4O2. The number of likely N-dealkylation sites (tertiary alicyclic amines) is 1. The lowest BCUT2D eigenvalue weighted by molar-refractivity contribution is 0.118. The van der Waals surface area contributed by atoms with E-state index in [0.717, 1.165) is 64.3 Å². The van der Waals surface area contributed by atoms with Crippen LogP contribution in [0.3, 0.4) is 0 Å². The number of hydrogen-bond acceptors (Lipinski definition) is 2. The van der Waals surface area contributed by atoms with Crippen LogP contribution in [0.15, 0.2) is 0 Å². The molecule has 24 heavy (non-hydrogen) atoms. The van der Waals surface area contributed by atoms with Crippen molar-refractivity contribution in [3.8, 4) is 0 Å². The predicted octanol–water partition coefficient (Wildman–Crippen LogP) is 2.40. The summed E-state index contributed by atoms with van der Waals surface area (Å²) in [5.74, 6) is 0.848. The Labute approximate surface area is 145 Å². The maximum atomic E-state index is 12.3. The number of rotatable bonds is 5. The van der Waals surface area contributed by atoms with E-state index in [0.29, 0.717) is 5.41 Å². The number of urea groups is 2. The number of nitrogens with zero attached hydrogens (tertiary/aromatic N) is 2. The van der Waals surface area contributed by atoms with Gasteiger partial charge in [0.05, 0.1) is 0 Å². The van der Waals surface area contributed by atoms with E-state index in [4.69, 9.17) is 0 Å². The molecule has 0 aromatic heterocycles. The first-order valence-corrected chi connectivity index (χ1v) is 9.54. The standard InChI is InChI=1S/C18H32N4O2/c1-18(2,14-4-5-14)8-10-20-16(23)21-12-6-15(7-13-21)22-11-3-9-19-17(22)24/h14-15H,3-13H2,1-2H3,(H,19,24)(H,20,23). The Morgan fingerprint density at radius 2 is 1.92 bits per heavy atom. The van der Waals surface area contributed by atoms with Gasteiger partial charge in [0.25, 0.3) is 0 Å². The van der Waals surface area contributed by atoms with E-state index in [9.17, 15) is 9.59 Å². The van der Waals surface area contributed by atoms with Gasteiger partial charge < -0.3 is 20.4 Å². The van der Waals surface area contributed by atoms with Crippen LogP contribution in [0.2, 0.25) is 0 Å². The fourth-order valence-electron chi connectivity index (χ4n) is 4.05. The lowest BCUT2D eigenvalue weighted by Crippen LogP contribution is -2.55. The van der Waals surface area contributed by atoms with E-state index in [1.54, 1.807) is 0 Å². The third-order valence-electron chi connectivity index (χ3n) is 6.03. The van der Waals surface area contributed by atoms with Crippen molar-refractivity contribution in [1.29, 1.82) is 0 Å². The average Bonchev–Trinajstić information content (AvgIpc) is 3.41. The molecule has 2 aliphatic heterocycles. The van der Waals surface area contributed by atoms with Crippen molar-refractivity contribution in [2.75, 3.05) is 32.7 Å². The molecule has 136 valence electrons. The van der Waals surface area contributed by atoms with Crippen LogP contribution < -0.4 is 10.6 Å². The summed E-state index contributed by atoms with van der Waals surface area (Å²) in [5.41, 5.74) is 0.349. The van der Waals surface area contributed by atoms with Gasteiger partial charge in [0.2, 0.25) is 0 Å². The minimum Gasteiger partial charge on any atom is -0.338 e. The highest BCUT2D eigenvalue weighted by Crippen LogP contribution is 2.46. The maximum absolute atomic E-state index is 12.3. The molecule has 1 aliphatic carbocycles. The van der Waals surface area contributed by atoms with Crippen molar-refractivity contribution in [3.63, 3.8) is 0 Å². The Kier molecular flexibility index (Phi) is 5.21. The van der Waals surface area contributed by atoms with Crippen LogP contribution in [0.25, 0.3) is 0 Å². The molecule has 6 heteroatoms. The Bertz CT molecular complexity index is 468. The maximum Gasteiger partial charge on any atom is 0.317 e. The van der Waals surface area contributed by atoms with Crippen LogP contribution in [0.5, 0.6) is 0 Å². The van der Waals surface area contributed by atoms with Gasteiger partial charge >= 0.3 is 12.1 Å². The number of amides is 4. The highest BCUT2D eigenvalue weighted by Gasteiger charge is 2.37. The summed E-state index contributed by atoms with van der Waals surface area (Å²) in [6.07, 6.45) is 6.52. The van der Waals surface area contributed by atoms with Gasteiger partial charge in [-0.15, -0.1) is 0 Å². The molecule has 3 fully saturated rings. The molecule has 0 unspecified atom stereocenters. The summed E-state index contributed by atoms with van der Waals surface area (Å²) >= 11 is 0. The van der Waals surface area contributed by atoms with Crippen LogP contribution in [-0.2, 0) is 0 Å². The van der Waals surface area contributed by atoms with Crippen molar-refractivity contribution >= 4 is 12.1 Å². The van der Waals surface area contributed by atoms with Crippen LogP contribution in [0, 0.1) is 11.3 Å². The fourth-order valence-corrected chi connectivity index (χ4v) is 4.05. The Morgan fingerprint density at radius 1 is 1.21 bits per heavy atom. The van der Waals surface area contributed by atoms with Crippen molar-refractivity contribution in [2.45, 2.75) is 58.4 Å². The topological polar surface area (TPSA) is 64.7 Å². The molecule has 0 atom stereocenters. The minimum atomic E-state index is 0.0585. The SMILES string of the molecule is CC(C)(CCNC(=O)N1CCC(N2CCCNC2=O)CC1)C1CC1. The smallest absolute Gasteiger partial charge is 0.317 e. The summed E-state index contributed by atoms with van der Waals surface area (Å²) in [4.78, 5) is 28.1. The third kappa shape index (κ3) is 4.14. The zero-order chi connectivity index (χ0) is 17.2. The van der Waals surface area contributed by atoms with Gasteiger partial charge in [-0.1, -0.05) is 13.8 Å². The second-order valence-corrected chi connectivity index (χ2v) is 8.24. The van der Waals surface area contributed by atoms with Crippen molar-refractivity contribution in [1.82, 2.24) is 20.4 Å². The lowest BCUT2D eigenvalue weighted by atomic mass is 9.84. The number of hydrogen-bond donors (Lipinski definition) is 2. The molecule has 2 N–H and O–H groups in total. The van der Waals surface area contributed by atoms with E-state index in [-0.39, 0.29) is 18.1 Å². The Hall–Kier alpha value is -1.46. The highest BCUT2D eigenvalue weighted by atomic mass is 16.2. The van der Waals surface area contributed by atoms with E-state index < -0.39 is 0 Å². The summed E-state index contributed by atoms with van der Waals surface area (Å²) in [6, 6.07) is 0.401. The molecule has 2 heterocycles. The molecular weight excluding hydrogens is 304 g/mol. The first kappa shape index (κ1) is 17.4. The quantitative estimate of drug-likeness (QED) is 0.810. The first-order chi connectivity index (χ1) is 11.5. The van der Waals surface area contributed by atoms with Crippen LogP contribution in [-0.4, -0.2) is 60.6 Å². The monoisotopic (exact) mass is 336 g/mol. The van der Waals surface area contributed by atoms with Crippen LogP contribution in [0.1, 0.15) is 52.4 Å². The molecule has 0 spiro atoms. The highest BCUT2D eigenvalue weighted by molar-refractivity contribution is 5.76. The Balaban J connectivity index is 1.38. The van der Waals surface area contributed by atoms with E-state index in [1.807, 2.05) is 9.80 Å². The minimum absolute atomic E-state index is 0.0585. The molecule has 4 amide bonds. The van der Waals surface area contributed by atoms with E-state index in [1.165, 1.54) is 12.8 Å². The number of carbonyl (C=O) groups is 2. The predicted molar refractivity (Wildman–Crippen MR) is 93.8 cm³/mol. The van der Waals surface area contributed by atoms with Crippen molar-refractivity contribution in [3.05, 3.63) is 0 Å². The lowest BCUT2D eigenvalue weighted by Gasteiger charge is -2.40. The number of nitrogens with one attached hydrogen (secondary N) is 2. The normalized spacial score (nSPS) is 23.2. The van der Waals surface area contributed by atoms with Gasteiger partial charge in [-0.3, -0.25) is 0 Å². The van der Waals surface area contributed by atoms with Crippen LogP contribution in [0.4, 0.5) is 9.59 Å². The second kappa shape index (κ2) is 7.19. The third-order valence-corrected chi connectivity index (χ3v) is 6.03. The summed E-state index contributed by atoms with van der Waals surface area (Å²) in [5, 5.41) is 6.00. The zero-order valence-electron chi connectivity index (χ0n) is 15.1. The van der Waals surface area contributed by atoms with Gasteiger partial charge in [0.15, 0.2) is 0 Å². The van der Waals surface area contributed by atoms with Crippen LogP contribution >= 0.6 is 0 Å². The molecule has 3 aliphatic rings. The summed E-state index contributed by atoms with van der Waals surface area (Å²) < 4.78 is 0. The average molecular weight is 336 g/mol. The van der Waals surface area contributed by atoms with Gasteiger partial charge in [-0.25, -0.2) is 9.59 Å². The molecule has 0 aromatic rings. The Morgan fingerprint density at radius 3 is 2.54 bits per heavy atom. The largest absolute Gasteiger partial charge is 0.338 e. The summed E-state index contributed by atoms with van der Waals surface area (Å²) in [7, 11) is 0. The molecule has 0 radical (unpaired) electrons. The molecule has 1 saturated carbocycles. The second-order valence-electron chi connectivity index (χ2n) is 8.24. The zero-order valence-corrected chi connectivity index (χ0v) is 15.1. The molecule has 6 nitrogen and oxygen atoms in total. The van der Waals surface area contributed by atoms with E-state index in [2.05, 4.69) is 24.5 Å².